The highest BCUT2D eigenvalue weighted by molar-refractivity contribution is 5.99. The summed E-state index contributed by atoms with van der Waals surface area (Å²) in [4.78, 5) is 43.6. The lowest BCUT2D eigenvalue weighted by Crippen LogP contribution is -2.49. The molecule has 2 aromatic rings. The lowest BCUT2D eigenvalue weighted by Gasteiger charge is -2.36. The van der Waals surface area contributed by atoms with Gasteiger partial charge in [-0.25, -0.2) is 14.0 Å². The van der Waals surface area contributed by atoms with Crippen molar-refractivity contribution in [3.8, 4) is 0 Å². The topological polar surface area (TPSA) is 91.9 Å². The van der Waals surface area contributed by atoms with Crippen molar-refractivity contribution in [3.05, 3.63) is 52.6 Å². The van der Waals surface area contributed by atoms with Crippen molar-refractivity contribution in [2.45, 2.75) is 20.8 Å². The predicted octanol–water partition coefficient (Wildman–Crippen LogP) is 2.45. The van der Waals surface area contributed by atoms with Crippen molar-refractivity contribution in [2.75, 3.05) is 44.3 Å². The lowest BCUT2D eigenvalue weighted by atomic mass is 10.1. The van der Waals surface area contributed by atoms with E-state index in [9.17, 15) is 18.8 Å². The maximum atomic E-state index is 13.1. The quantitative estimate of drug-likeness (QED) is 0.707. The Morgan fingerprint density at radius 2 is 1.65 bits per heavy atom. The Labute approximate surface area is 179 Å². The zero-order chi connectivity index (χ0) is 22.5. The molecule has 8 nitrogen and oxygen atoms in total. The van der Waals surface area contributed by atoms with Crippen molar-refractivity contribution in [2.24, 2.45) is 0 Å². The van der Waals surface area contributed by atoms with Crippen LogP contribution in [0, 0.1) is 19.7 Å². The third-order valence-corrected chi connectivity index (χ3v) is 5.27. The van der Waals surface area contributed by atoms with Crippen LogP contribution in [-0.2, 0) is 14.3 Å². The normalized spacial score (nSPS) is 13.8. The first kappa shape index (κ1) is 22.3. The molecule has 0 unspecified atom stereocenters. The minimum atomic E-state index is -0.667. The average Bonchev–Trinajstić information content (AvgIpc) is 3.06. The van der Waals surface area contributed by atoms with Gasteiger partial charge in [0.05, 0.1) is 12.2 Å². The first-order chi connectivity index (χ1) is 14.8. The number of benzene rings is 1. The van der Waals surface area contributed by atoms with Crippen molar-refractivity contribution in [1.82, 2.24) is 9.88 Å². The minimum absolute atomic E-state index is 0.203. The summed E-state index contributed by atoms with van der Waals surface area (Å²) >= 11 is 0. The summed E-state index contributed by atoms with van der Waals surface area (Å²) in [6, 6.07) is 6.23. The standard InChI is InChI=1S/C22H26FN3O5/c1-4-30-22(29)20-14(2)19(15(3)24-20)21(28)31-13-18(27)26-11-9-25(10-12-26)17-7-5-16(23)6-8-17/h5-8,24H,4,9-13H2,1-3H3. The Balaban J connectivity index is 1.54. The second-order valence-electron chi connectivity index (χ2n) is 7.27. The van der Waals surface area contributed by atoms with Gasteiger partial charge < -0.3 is 24.3 Å². The fourth-order valence-corrected chi connectivity index (χ4v) is 3.62. The van der Waals surface area contributed by atoms with Crippen LogP contribution in [0.15, 0.2) is 24.3 Å². The number of nitrogens with one attached hydrogen (secondary N) is 1. The molecule has 1 aromatic carbocycles. The summed E-state index contributed by atoms with van der Waals surface area (Å²) in [7, 11) is 0. The SMILES string of the molecule is CCOC(=O)c1[nH]c(C)c(C(=O)OCC(=O)N2CCN(c3ccc(F)cc3)CC2)c1C. The molecule has 0 bridgehead atoms. The number of esters is 2. The molecule has 0 spiro atoms. The van der Waals surface area contributed by atoms with Crippen LogP contribution in [0.1, 0.15) is 39.0 Å². The molecule has 0 radical (unpaired) electrons. The number of aryl methyl sites for hydroxylation is 1. The van der Waals surface area contributed by atoms with Crippen LogP contribution in [0.25, 0.3) is 0 Å². The number of carbonyl (C=O) groups excluding carboxylic acids is 3. The van der Waals surface area contributed by atoms with E-state index in [2.05, 4.69) is 9.88 Å². The van der Waals surface area contributed by atoms with Gasteiger partial charge in [0, 0.05) is 37.6 Å². The summed E-state index contributed by atoms with van der Waals surface area (Å²) in [5.74, 6) is -1.79. The molecule has 1 aliphatic heterocycles. The Morgan fingerprint density at radius 3 is 2.26 bits per heavy atom. The molecule has 1 aliphatic rings. The molecule has 0 atom stereocenters. The van der Waals surface area contributed by atoms with Gasteiger partial charge in [0.15, 0.2) is 6.61 Å². The van der Waals surface area contributed by atoms with Gasteiger partial charge >= 0.3 is 11.9 Å². The van der Waals surface area contributed by atoms with E-state index in [1.807, 2.05) is 0 Å². The van der Waals surface area contributed by atoms with Gasteiger partial charge in [0.2, 0.25) is 0 Å². The molecule has 1 amide bonds. The Morgan fingerprint density at radius 1 is 1.00 bits per heavy atom. The summed E-state index contributed by atoms with van der Waals surface area (Å²) in [6.07, 6.45) is 0. The number of rotatable bonds is 6. The zero-order valence-corrected chi connectivity index (χ0v) is 17.9. The van der Waals surface area contributed by atoms with Crippen LogP contribution >= 0.6 is 0 Å². The molecular formula is C22H26FN3O5. The number of ether oxygens (including phenoxy) is 2. The number of nitrogens with zero attached hydrogens (tertiary/aromatic N) is 2. The van der Waals surface area contributed by atoms with Crippen LogP contribution in [0.3, 0.4) is 0 Å². The molecule has 0 saturated carbocycles. The number of hydrogen-bond donors (Lipinski definition) is 1. The fraction of sp³-hybridized carbons (Fsp3) is 0.409. The summed E-state index contributed by atoms with van der Waals surface area (Å²) < 4.78 is 23.3. The molecule has 0 aliphatic carbocycles. The van der Waals surface area contributed by atoms with E-state index in [4.69, 9.17) is 9.47 Å². The van der Waals surface area contributed by atoms with Crippen molar-refractivity contribution in [1.29, 1.82) is 0 Å². The second-order valence-corrected chi connectivity index (χ2v) is 7.27. The highest BCUT2D eigenvalue weighted by atomic mass is 19.1. The number of anilines is 1. The average molecular weight is 431 g/mol. The maximum absolute atomic E-state index is 13.1. The molecular weight excluding hydrogens is 405 g/mol. The van der Waals surface area contributed by atoms with Crippen LogP contribution < -0.4 is 4.90 Å². The zero-order valence-electron chi connectivity index (χ0n) is 17.9. The van der Waals surface area contributed by atoms with Gasteiger partial charge in [0.1, 0.15) is 11.5 Å². The molecule has 166 valence electrons. The predicted molar refractivity (Wildman–Crippen MR) is 112 cm³/mol. The molecule has 2 heterocycles. The number of halogens is 1. The maximum Gasteiger partial charge on any atom is 0.355 e. The molecule has 1 N–H and O–H groups in total. The van der Waals surface area contributed by atoms with E-state index >= 15 is 0 Å². The molecule has 31 heavy (non-hydrogen) atoms. The summed E-state index contributed by atoms with van der Waals surface area (Å²) in [5.41, 5.74) is 2.24. The number of aromatic amines is 1. The van der Waals surface area contributed by atoms with Crippen molar-refractivity contribution in [3.63, 3.8) is 0 Å². The molecule has 1 aromatic heterocycles. The third-order valence-electron chi connectivity index (χ3n) is 5.27. The van der Waals surface area contributed by atoms with Gasteiger partial charge in [-0.05, 0) is 50.6 Å². The highest BCUT2D eigenvalue weighted by Gasteiger charge is 2.26. The molecule has 1 saturated heterocycles. The van der Waals surface area contributed by atoms with Gasteiger partial charge in [-0.3, -0.25) is 4.79 Å². The van der Waals surface area contributed by atoms with E-state index in [-0.39, 0.29) is 36.2 Å². The number of H-pyrrole nitrogens is 1. The van der Waals surface area contributed by atoms with E-state index in [0.29, 0.717) is 37.4 Å². The van der Waals surface area contributed by atoms with E-state index in [0.717, 1.165) is 5.69 Å². The fourth-order valence-electron chi connectivity index (χ4n) is 3.62. The third kappa shape index (κ3) is 5.04. The van der Waals surface area contributed by atoms with Crippen LogP contribution in [0.5, 0.6) is 0 Å². The van der Waals surface area contributed by atoms with Crippen LogP contribution in [0.2, 0.25) is 0 Å². The highest BCUT2D eigenvalue weighted by Crippen LogP contribution is 2.20. The number of aromatic nitrogens is 1. The first-order valence-electron chi connectivity index (χ1n) is 10.1. The van der Waals surface area contributed by atoms with E-state index in [1.54, 1.807) is 37.8 Å². The van der Waals surface area contributed by atoms with Gasteiger partial charge in [-0.1, -0.05) is 0 Å². The van der Waals surface area contributed by atoms with Gasteiger partial charge in [-0.15, -0.1) is 0 Å². The number of carbonyl (C=O) groups is 3. The smallest absolute Gasteiger partial charge is 0.355 e. The van der Waals surface area contributed by atoms with Crippen molar-refractivity contribution < 1.29 is 28.2 Å². The number of hydrogen-bond acceptors (Lipinski definition) is 6. The number of piperazine rings is 1. The lowest BCUT2D eigenvalue weighted by molar-refractivity contribution is -0.134. The second kappa shape index (κ2) is 9.63. The molecule has 3 rings (SSSR count). The van der Waals surface area contributed by atoms with Gasteiger partial charge in [0.25, 0.3) is 5.91 Å². The monoisotopic (exact) mass is 431 g/mol. The minimum Gasteiger partial charge on any atom is -0.461 e. The summed E-state index contributed by atoms with van der Waals surface area (Å²) in [5, 5.41) is 0. The van der Waals surface area contributed by atoms with E-state index < -0.39 is 11.9 Å². The number of amides is 1. The Hall–Kier alpha value is -3.36. The Bertz CT molecular complexity index is 962. The Kier molecular flexibility index (Phi) is 6.94. The molecule has 1 fully saturated rings. The molecule has 9 heteroatoms. The first-order valence-corrected chi connectivity index (χ1v) is 10.1. The summed E-state index contributed by atoms with van der Waals surface area (Å²) in [6.45, 7) is 6.97. The van der Waals surface area contributed by atoms with Crippen LogP contribution in [0.4, 0.5) is 10.1 Å². The van der Waals surface area contributed by atoms with Gasteiger partial charge in [-0.2, -0.15) is 0 Å². The largest absolute Gasteiger partial charge is 0.461 e. The van der Waals surface area contributed by atoms with E-state index in [1.165, 1.54) is 12.1 Å². The van der Waals surface area contributed by atoms with Crippen LogP contribution in [-0.4, -0.2) is 67.1 Å². The van der Waals surface area contributed by atoms with Crippen molar-refractivity contribution >= 4 is 23.5 Å².